The van der Waals surface area contributed by atoms with Crippen molar-refractivity contribution in [2.45, 2.75) is 32.1 Å². The van der Waals surface area contributed by atoms with Crippen LogP contribution in [0.1, 0.15) is 31.2 Å². The molecule has 0 heterocycles. The minimum atomic E-state index is -0.250. The van der Waals surface area contributed by atoms with E-state index in [-0.39, 0.29) is 5.41 Å². The molecular weight excluding hydrogens is 234 g/mol. The van der Waals surface area contributed by atoms with Gasteiger partial charge in [-0.3, -0.25) is 4.79 Å². The molecule has 0 aliphatic heterocycles. The lowest BCUT2D eigenvalue weighted by molar-refractivity contribution is -0.127. The van der Waals surface area contributed by atoms with E-state index in [1.165, 1.54) is 0 Å². The number of carbonyl (C=O) groups excluding carboxylic acids is 1. The Kier molecular flexibility index (Phi) is 3.85. The Hall–Kier alpha value is -0.860. The largest absolute Gasteiger partial charge is 0.329 e. The molecule has 17 heavy (non-hydrogen) atoms. The summed E-state index contributed by atoms with van der Waals surface area (Å²) in [5.41, 5.74) is 6.58. The van der Waals surface area contributed by atoms with Gasteiger partial charge in [-0.2, -0.15) is 0 Å². The van der Waals surface area contributed by atoms with Crippen molar-refractivity contribution in [3.05, 3.63) is 34.9 Å². The zero-order valence-corrected chi connectivity index (χ0v) is 10.7. The summed E-state index contributed by atoms with van der Waals surface area (Å²) in [6, 6.07) is 7.49. The minimum Gasteiger partial charge on any atom is -0.329 e. The molecule has 2 nitrogen and oxygen atoms in total. The van der Waals surface area contributed by atoms with E-state index < -0.39 is 0 Å². The molecule has 0 saturated heterocycles. The molecule has 1 aliphatic rings. The molecule has 1 fully saturated rings. The Morgan fingerprint density at radius 1 is 1.24 bits per heavy atom. The maximum atomic E-state index is 12.3. The quantitative estimate of drug-likeness (QED) is 0.894. The van der Waals surface area contributed by atoms with Gasteiger partial charge in [0.25, 0.3) is 0 Å². The molecule has 3 heteroatoms. The first-order valence-corrected chi connectivity index (χ1v) is 6.52. The van der Waals surface area contributed by atoms with Crippen molar-refractivity contribution < 1.29 is 4.79 Å². The number of nitrogens with two attached hydrogens (primary N) is 1. The normalized spacial score (nSPS) is 18.2. The summed E-state index contributed by atoms with van der Waals surface area (Å²) < 4.78 is 0. The number of hydrogen-bond donors (Lipinski definition) is 1. The van der Waals surface area contributed by atoms with E-state index in [2.05, 4.69) is 0 Å². The minimum absolute atomic E-state index is 0.250. The van der Waals surface area contributed by atoms with Crippen LogP contribution in [0.15, 0.2) is 24.3 Å². The monoisotopic (exact) mass is 251 g/mol. The highest BCUT2D eigenvalue weighted by Gasteiger charge is 2.38. The fourth-order valence-corrected chi connectivity index (χ4v) is 2.75. The van der Waals surface area contributed by atoms with E-state index in [4.69, 9.17) is 17.3 Å². The molecule has 1 saturated carbocycles. The third-order valence-corrected chi connectivity index (χ3v) is 4.07. The molecule has 0 bridgehead atoms. The van der Waals surface area contributed by atoms with Crippen molar-refractivity contribution >= 4 is 17.4 Å². The highest BCUT2D eigenvalue weighted by molar-refractivity contribution is 6.30. The van der Waals surface area contributed by atoms with E-state index in [0.29, 0.717) is 23.8 Å². The number of carbonyl (C=O) groups is 1. The van der Waals surface area contributed by atoms with Gasteiger partial charge in [-0.15, -0.1) is 0 Å². The molecule has 0 amide bonds. The van der Waals surface area contributed by atoms with Crippen LogP contribution in [0.2, 0.25) is 5.02 Å². The van der Waals surface area contributed by atoms with Gasteiger partial charge < -0.3 is 5.73 Å². The van der Waals surface area contributed by atoms with Crippen LogP contribution in [0, 0.1) is 5.41 Å². The topological polar surface area (TPSA) is 43.1 Å². The molecule has 0 spiro atoms. The Morgan fingerprint density at radius 2 is 1.82 bits per heavy atom. The van der Waals surface area contributed by atoms with Crippen LogP contribution < -0.4 is 5.73 Å². The summed E-state index contributed by atoms with van der Waals surface area (Å²) in [4.78, 5) is 12.3. The zero-order chi connectivity index (χ0) is 12.3. The second kappa shape index (κ2) is 5.19. The van der Waals surface area contributed by atoms with E-state index in [0.717, 1.165) is 31.2 Å². The molecule has 0 unspecified atom stereocenters. The van der Waals surface area contributed by atoms with Gasteiger partial charge in [0, 0.05) is 23.4 Å². The summed E-state index contributed by atoms with van der Waals surface area (Å²) in [5.74, 6) is 0.292. The average Bonchev–Trinajstić information content (AvgIpc) is 2.82. The van der Waals surface area contributed by atoms with Gasteiger partial charge in [-0.05, 0) is 30.5 Å². The molecule has 1 aromatic rings. The van der Waals surface area contributed by atoms with Crippen molar-refractivity contribution in [1.29, 1.82) is 0 Å². The van der Waals surface area contributed by atoms with Crippen molar-refractivity contribution in [2.24, 2.45) is 11.1 Å². The Bertz CT molecular complexity index is 393. The van der Waals surface area contributed by atoms with Crippen LogP contribution >= 0.6 is 11.6 Å². The fraction of sp³-hybridized carbons (Fsp3) is 0.500. The number of hydrogen-bond acceptors (Lipinski definition) is 2. The van der Waals surface area contributed by atoms with Crippen LogP contribution in [0.3, 0.4) is 0 Å². The molecular formula is C14H18ClNO. The number of benzene rings is 1. The van der Waals surface area contributed by atoms with E-state index in [9.17, 15) is 4.79 Å². The molecule has 0 radical (unpaired) electrons. The van der Waals surface area contributed by atoms with Crippen molar-refractivity contribution in [2.75, 3.05) is 6.54 Å². The number of ketones is 1. The van der Waals surface area contributed by atoms with Crippen LogP contribution in [0.25, 0.3) is 0 Å². The predicted octanol–water partition coefficient (Wildman–Crippen LogP) is 2.97. The van der Waals surface area contributed by atoms with Gasteiger partial charge in [0.1, 0.15) is 5.78 Å². The lowest BCUT2D eigenvalue weighted by Crippen LogP contribution is -2.37. The second-order valence-electron chi connectivity index (χ2n) is 4.92. The molecule has 0 aromatic heterocycles. The molecule has 0 atom stereocenters. The highest BCUT2D eigenvalue weighted by Crippen LogP contribution is 2.38. The van der Waals surface area contributed by atoms with Crippen LogP contribution in [0.4, 0.5) is 0 Å². The first-order valence-electron chi connectivity index (χ1n) is 6.14. The van der Waals surface area contributed by atoms with Gasteiger partial charge in [-0.25, -0.2) is 0 Å². The summed E-state index contributed by atoms with van der Waals surface area (Å²) in [6.45, 7) is 0.486. The SMILES string of the molecule is NCC1(C(=O)Cc2ccc(Cl)cc2)CCCC1. The predicted molar refractivity (Wildman–Crippen MR) is 70.1 cm³/mol. The van der Waals surface area contributed by atoms with E-state index >= 15 is 0 Å². The second-order valence-corrected chi connectivity index (χ2v) is 5.35. The zero-order valence-electron chi connectivity index (χ0n) is 9.92. The van der Waals surface area contributed by atoms with Gasteiger partial charge in [-0.1, -0.05) is 36.6 Å². The number of Topliss-reactive ketones (excluding diaryl/α,β-unsaturated/α-hetero) is 1. The standard InChI is InChI=1S/C14H18ClNO/c15-12-5-3-11(4-6-12)9-13(17)14(10-16)7-1-2-8-14/h3-6H,1-2,7-10,16H2. The smallest absolute Gasteiger partial charge is 0.144 e. The Labute approximate surface area is 107 Å². The van der Waals surface area contributed by atoms with Crippen molar-refractivity contribution in [1.82, 2.24) is 0 Å². The molecule has 2 rings (SSSR count). The Morgan fingerprint density at radius 3 is 2.35 bits per heavy atom. The van der Waals surface area contributed by atoms with Crippen LogP contribution in [-0.2, 0) is 11.2 Å². The summed E-state index contributed by atoms with van der Waals surface area (Å²) >= 11 is 5.83. The molecule has 1 aliphatic carbocycles. The summed E-state index contributed by atoms with van der Waals surface area (Å²) in [5, 5.41) is 0.704. The van der Waals surface area contributed by atoms with Gasteiger partial charge in [0.2, 0.25) is 0 Å². The maximum absolute atomic E-state index is 12.3. The molecule has 2 N–H and O–H groups in total. The lowest BCUT2D eigenvalue weighted by atomic mass is 9.79. The van der Waals surface area contributed by atoms with Crippen molar-refractivity contribution in [3.8, 4) is 0 Å². The van der Waals surface area contributed by atoms with Crippen molar-refractivity contribution in [3.63, 3.8) is 0 Å². The molecule has 92 valence electrons. The Balaban J connectivity index is 2.08. The lowest BCUT2D eigenvalue weighted by Gasteiger charge is -2.25. The first-order chi connectivity index (χ1) is 8.16. The highest BCUT2D eigenvalue weighted by atomic mass is 35.5. The molecule has 1 aromatic carbocycles. The maximum Gasteiger partial charge on any atom is 0.144 e. The summed E-state index contributed by atoms with van der Waals surface area (Å²) in [6.07, 6.45) is 4.65. The first kappa shape index (κ1) is 12.6. The van der Waals surface area contributed by atoms with Crippen LogP contribution in [-0.4, -0.2) is 12.3 Å². The third-order valence-electron chi connectivity index (χ3n) is 3.82. The number of halogens is 1. The van der Waals surface area contributed by atoms with Crippen LogP contribution in [0.5, 0.6) is 0 Å². The fourth-order valence-electron chi connectivity index (χ4n) is 2.62. The van der Waals surface area contributed by atoms with Gasteiger partial charge in [0.05, 0.1) is 0 Å². The van der Waals surface area contributed by atoms with E-state index in [1.54, 1.807) is 0 Å². The number of rotatable bonds is 4. The van der Waals surface area contributed by atoms with Gasteiger partial charge >= 0.3 is 0 Å². The summed E-state index contributed by atoms with van der Waals surface area (Å²) in [7, 11) is 0. The van der Waals surface area contributed by atoms with Gasteiger partial charge in [0.15, 0.2) is 0 Å². The van der Waals surface area contributed by atoms with E-state index in [1.807, 2.05) is 24.3 Å². The average molecular weight is 252 g/mol. The third kappa shape index (κ3) is 2.70.